The van der Waals surface area contributed by atoms with Crippen molar-refractivity contribution in [2.24, 2.45) is 0 Å². The van der Waals surface area contributed by atoms with E-state index in [1.165, 1.54) is 12.1 Å². The van der Waals surface area contributed by atoms with Gasteiger partial charge in [0.05, 0.1) is 13.0 Å². The van der Waals surface area contributed by atoms with E-state index in [9.17, 15) is 14.0 Å². The molecule has 0 aliphatic heterocycles. The Morgan fingerprint density at radius 3 is 2.60 bits per heavy atom. The van der Waals surface area contributed by atoms with Crippen LogP contribution in [-0.4, -0.2) is 25.0 Å². The van der Waals surface area contributed by atoms with E-state index in [4.69, 9.17) is 4.74 Å². The summed E-state index contributed by atoms with van der Waals surface area (Å²) in [5.74, 6) is -1.27. The lowest BCUT2D eigenvalue weighted by Crippen LogP contribution is -2.26. The standard InChI is InChI=1S/C20H22FNO3/c1-3-14-7-5-6-8-18(14)15-11-16(13-17(21)12-15)20(24)22-10-9-19(23)25-4-2/h5-8,11-13H,3-4,9-10H2,1-2H3,(H,22,24). The molecule has 0 saturated heterocycles. The van der Waals surface area contributed by atoms with Crippen molar-refractivity contribution in [1.29, 1.82) is 0 Å². The number of ether oxygens (including phenoxy) is 1. The highest BCUT2D eigenvalue weighted by atomic mass is 19.1. The van der Waals surface area contributed by atoms with Gasteiger partial charge in [0.15, 0.2) is 0 Å². The van der Waals surface area contributed by atoms with Gasteiger partial charge in [-0.2, -0.15) is 0 Å². The maximum atomic E-state index is 14.0. The first kappa shape index (κ1) is 18.6. The first-order valence-corrected chi connectivity index (χ1v) is 8.37. The van der Waals surface area contributed by atoms with Gasteiger partial charge in [0.1, 0.15) is 5.82 Å². The summed E-state index contributed by atoms with van der Waals surface area (Å²) in [6, 6.07) is 12.0. The van der Waals surface area contributed by atoms with Crippen LogP contribution in [0, 0.1) is 5.82 Å². The third kappa shape index (κ3) is 5.14. The molecule has 0 fully saturated rings. The largest absolute Gasteiger partial charge is 0.466 e. The van der Waals surface area contributed by atoms with Gasteiger partial charge < -0.3 is 10.1 Å². The molecule has 0 aliphatic carbocycles. The molecule has 2 aromatic carbocycles. The Kier molecular flexibility index (Phi) is 6.69. The number of esters is 1. The van der Waals surface area contributed by atoms with Crippen LogP contribution in [0.25, 0.3) is 11.1 Å². The number of aryl methyl sites for hydroxylation is 1. The number of hydrogen-bond acceptors (Lipinski definition) is 3. The second kappa shape index (κ2) is 8.97. The van der Waals surface area contributed by atoms with Gasteiger partial charge in [-0.15, -0.1) is 0 Å². The minimum absolute atomic E-state index is 0.0838. The van der Waals surface area contributed by atoms with Crippen molar-refractivity contribution in [2.45, 2.75) is 26.7 Å². The quantitative estimate of drug-likeness (QED) is 0.779. The smallest absolute Gasteiger partial charge is 0.307 e. The topological polar surface area (TPSA) is 55.4 Å². The van der Waals surface area contributed by atoms with E-state index in [-0.39, 0.29) is 24.5 Å². The lowest BCUT2D eigenvalue weighted by Gasteiger charge is -2.11. The third-order valence-electron chi connectivity index (χ3n) is 3.79. The molecule has 0 spiro atoms. The zero-order valence-electron chi connectivity index (χ0n) is 14.5. The van der Waals surface area contributed by atoms with E-state index in [1.54, 1.807) is 13.0 Å². The number of nitrogens with one attached hydrogen (secondary N) is 1. The Morgan fingerprint density at radius 2 is 1.88 bits per heavy atom. The van der Waals surface area contributed by atoms with Crippen LogP contribution in [0.3, 0.4) is 0 Å². The van der Waals surface area contributed by atoms with Crippen molar-refractivity contribution in [1.82, 2.24) is 5.32 Å². The molecule has 2 aromatic rings. The molecule has 0 radical (unpaired) electrons. The first-order valence-electron chi connectivity index (χ1n) is 8.37. The molecular weight excluding hydrogens is 321 g/mol. The van der Waals surface area contributed by atoms with Crippen LogP contribution < -0.4 is 5.32 Å². The van der Waals surface area contributed by atoms with Crippen LogP contribution in [-0.2, 0) is 16.0 Å². The number of amides is 1. The molecule has 1 N–H and O–H groups in total. The van der Waals surface area contributed by atoms with Crippen molar-refractivity contribution in [3.05, 3.63) is 59.4 Å². The normalized spacial score (nSPS) is 10.4. The van der Waals surface area contributed by atoms with E-state index in [2.05, 4.69) is 5.32 Å². The second-order valence-electron chi connectivity index (χ2n) is 5.55. The fourth-order valence-corrected chi connectivity index (χ4v) is 2.60. The Bertz CT molecular complexity index is 758. The number of carbonyl (C=O) groups is 2. The molecule has 5 heteroatoms. The van der Waals surface area contributed by atoms with Gasteiger partial charge in [-0.1, -0.05) is 31.2 Å². The average molecular weight is 343 g/mol. The minimum atomic E-state index is -0.473. The highest BCUT2D eigenvalue weighted by Gasteiger charge is 2.12. The zero-order valence-corrected chi connectivity index (χ0v) is 14.5. The SMILES string of the molecule is CCOC(=O)CCNC(=O)c1cc(F)cc(-c2ccccc2CC)c1. The summed E-state index contributed by atoms with van der Waals surface area (Å²) in [7, 11) is 0. The second-order valence-corrected chi connectivity index (χ2v) is 5.55. The number of benzene rings is 2. The fraction of sp³-hybridized carbons (Fsp3) is 0.300. The summed E-state index contributed by atoms with van der Waals surface area (Å²) in [6.45, 7) is 4.20. The number of rotatable bonds is 7. The van der Waals surface area contributed by atoms with Crippen LogP contribution in [0.1, 0.15) is 36.2 Å². The molecule has 0 saturated carbocycles. The maximum absolute atomic E-state index is 14.0. The lowest BCUT2D eigenvalue weighted by molar-refractivity contribution is -0.142. The predicted octanol–water partition coefficient (Wildman–Crippen LogP) is 3.74. The van der Waals surface area contributed by atoms with Crippen molar-refractivity contribution in [3.8, 4) is 11.1 Å². The minimum Gasteiger partial charge on any atom is -0.466 e. The number of carbonyl (C=O) groups excluding carboxylic acids is 2. The average Bonchev–Trinajstić information content (AvgIpc) is 2.61. The molecular formula is C20H22FNO3. The Balaban J connectivity index is 2.16. The maximum Gasteiger partial charge on any atom is 0.307 e. The van der Waals surface area contributed by atoms with Crippen LogP contribution in [0.5, 0.6) is 0 Å². The Hall–Kier alpha value is -2.69. The molecule has 0 aromatic heterocycles. The van der Waals surface area contributed by atoms with Gasteiger partial charge in [0.2, 0.25) is 0 Å². The van der Waals surface area contributed by atoms with Gasteiger partial charge in [0.25, 0.3) is 5.91 Å². The summed E-state index contributed by atoms with van der Waals surface area (Å²) in [5.41, 5.74) is 2.88. The predicted molar refractivity (Wildman–Crippen MR) is 94.8 cm³/mol. The van der Waals surface area contributed by atoms with E-state index >= 15 is 0 Å². The highest BCUT2D eigenvalue weighted by Crippen LogP contribution is 2.26. The van der Waals surface area contributed by atoms with E-state index in [0.717, 1.165) is 17.5 Å². The van der Waals surface area contributed by atoms with E-state index in [0.29, 0.717) is 12.2 Å². The highest BCUT2D eigenvalue weighted by molar-refractivity contribution is 5.95. The monoisotopic (exact) mass is 343 g/mol. The number of hydrogen-bond donors (Lipinski definition) is 1. The lowest BCUT2D eigenvalue weighted by atomic mass is 9.96. The zero-order chi connectivity index (χ0) is 18.2. The molecule has 0 atom stereocenters. The van der Waals surface area contributed by atoms with Gasteiger partial charge in [-0.25, -0.2) is 4.39 Å². The van der Waals surface area contributed by atoms with Crippen molar-refractivity contribution >= 4 is 11.9 Å². The Labute approximate surface area is 147 Å². The summed E-state index contributed by atoms with van der Waals surface area (Å²) < 4.78 is 18.8. The summed E-state index contributed by atoms with van der Waals surface area (Å²) in [6.07, 6.45) is 0.897. The Morgan fingerprint density at radius 1 is 1.12 bits per heavy atom. The van der Waals surface area contributed by atoms with Crippen molar-refractivity contribution < 1.29 is 18.7 Å². The molecule has 0 unspecified atom stereocenters. The summed E-state index contributed by atoms with van der Waals surface area (Å²) >= 11 is 0. The molecule has 1 amide bonds. The number of halogens is 1. The summed E-state index contributed by atoms with van der Waals surface area (Å²) in [4.78, 5) is 23.5. The van der Waals surface area contributed by atoms with Crippen molar-refractivity contribution in [3.63, 3.8) is 0 Å². The fourth-order valence-electron chi connectivity index (χ4n) is 2.60. The molecule has 132 valence electrons. The van der Waals surface area contributed by atoms with Crippen LogP contribution in [0.15, 0.2) is 42.5 Å². The third-order valence-corrected chi connectivity index (χ3v) is 3.79. The molecule has 2 rings (SSSR count). The molecule has 0 heterocycles. The van der Waals surface area contributed by atoms with Gasteiger partial charge in [-0.3, -0.25) is 9.59 Å². The van der Waals surface area contributed by atoms with Gasteiger partial charge in [0, 0.05) is 12.1 Å². The summed E-state index contributed by atoms with van der Waals surface area (Å²) in [5, 5.41) is 2.62. The molecule has 25 heavy (non-hydrogen) atoms. The molecule has 4 nitrogen and oxygen atoms in total. The van der Waals surface area contributed by atoms with Crippen LogP contribution >= 0.6 is 0 Å². The van der Waals surface area contributed by atoms with E-state index < -0.39 is 11.7 Å². The van der Waals surface area contributed by atoms with Gasteiger partial charge >= 0.3 is 5.97 Å². The first-order chi connectivity index (χ1) is 12.0. The van der Waals surface area contributed by atoms with Crippen molar-refractivity contribution in [2.75, 3.05) is 13.2 Å². The van der Waals surface area contributed by atoms with Crippen LogP contribution in [0.4, 0.5) is 4.39 Å². The molecule has 0 bridgehead atoms. The molecule has 0 aliphatic rings. The van der Waals surface area contributed by atoms with E-state index in [1.807, 2.05) is 31.2 Å². The van der Waals surface area contributed by atoms with Crippen LogP contribution in [0.2, 0.25) is 0 Å². The van der Waals surface area contributed by atoms with Gasteiger partial charge in [-0.05, 0) is 48.2 Å².